The maximum atomic E-state index is 11.3. The second kappa shape index (κ2) is 7.81. The lowest BCUT2D eigenvalue weighted by molar-refractivity contribution is 0.598. The Morgan fingerprint density at radius 2 is 1.63 bits per heavy atom. The second-order valence-electron chi connectivity index (χ2n) is 6.30. The van der Waals surface area contributed by atoms with E-state index in [4.69, 9.17) is 5.14 Å². The summed E-state index contributed by atoms with van der Waals surface area (Å²) in [5.41, 5.74) is 3.80. The summed E-state index contributed by atoms with van der Waals surface area (Å²) in [7, 11) is -3.66. The van der Waals surface area contributed by atoms with E-state index in [1.807, 2.05) is 38.1 Å². The molecule has 3 N–H and O–H groups in total. The molecule has 7 nitrogen and oxygen atoms in total. The number of benzene rings is 2. The van der Waals surface area contributed by atoms with Gasteiger partial charge in [-0.3, -0.25) is 0 Å². The van der Waals surface area contributed by atoms with E-state index < -0.39 is 10.0 Å². The van der Waals surface area contributed by atoms with Gasteiger partial charge in [0.2, 0.25) is 10.0 Å². The fourth-order valence-electron chi connectivity index (χ4n) is 2.54. The number of sulfonamides is 1. The monoisotopic (exact) mass is 383 g/mol. The van der Waals surface area contributed by atoms with Crippen LogP contribution in [0.1, 0.15) is 16.8 Å². The average molecular weight is 383 g/mol. The smallest absolute Gasteiger partial charge is 0.238 e. The van der Waals surface area contributed by atoms with E-state index in [-0.39, 0.29) is 4.90 Å². The van der Waals surface area contributed by atoms with Gasteiger partial charge in [-0.2, -0.15) is 0 Å². The quantitative estimate of drug-likeness (QED) is 0.676. The Morgan fingerprint density at radius 3 is 2.26 bits per heavy atom. The van der Waals surface area contributed by atoms with Gasteiger partial charge in [0.05, 0.1) is 4.90 Å². The van der Waals surface area contributed by atoms with Gasteiger partial charge in [-0.1, -0.05) is 42.0 Å². The highest BCUT2D eigenvalue weighted by molar-refractivity contribution is 7.89. The molecule has 0 saturated heterocycles. The van der Waals surface area contributed by atoms with Crippen LogP contribution in [0.15, 0.2) is 53.4 Å². The molecule has 0 aliphatic carbocycles. The lowest BCUT2D eigenvalue weighted by atomic mass is 10.1. The van der Waals surface area contributed by atoms with Crippen LogP contribution in [0.3, 0.4) is 0 Å². The number of anilines is 1. The van der Waals surface area contributed by atoms with Gasteiger partial charge in [-0.15, -0.1) is 10.2 Å². The average Bonchev–Trinajstić information content (AvgIpc) is 2.64. The SMILES string of the molecule is Cc1ccc(-c2nnc(C)c(NCCc3ccc(S(N)(=O)=O)cc3)n2)cc1. The van der Waals surface area contributed by atoms with E-state index in [0.29, 0.717) is 24.6 Å². The Hall–Kier alpha value is -2.84. The summed E-state index contributed by atoms with van der Waals surface area (Å²) in [6.45, 7) is 4.50. The molecule has 3 rings (SSSR count). The zero-order valence-electron chi connectivity index (χ0n) is 15.2. The van der Waals surface area contributed by atoms with Crippen LogP contribution in [0, 0.1) is 13.8 Å². The molecule has 0 spiro atoms. The number of nitrogens with one attached hydrogen (secondary N) is 1. The standard InChI is InChI=1S/C19H21N5O2S/c1-13-3-7-16(8-4-13)19-22-18(14(2)23-24-19)21-12-11-15-5-9-17(10-6-15)27(20,25)26/h3-10H,11-12H2,1-2H3,(H2,20,25,26)(H,21,22,24). The molecule has 0 bridgehead atoms. The number of hydrogen-bond donors (Lipinski definition) is 2. The van der Waals surface area contributed by atoms with Crippen molar-refractivity contribution in [2.75, 3.05) is 11.9 Å². The highest BCUT2D eigenvalue weighted by Gasteiger charge is 2.09. The Labute approximate surface area is 158 Å². The highest BCUT2D eigenvalue weighted by atomic mass is 32.2. The van der Waals surface area contributed by atoms with Crippen molar-refractivity contribution in [3.05, 3.63) is 65.4 Å². The largest absolute Gasteiger partial charge is 0.368 e. The van der Waals surface area contributed by atoms with Crippen molar-refractivity contribution in [2.24, 2.45) is 5.14 Å². The van der Waals surface area contributed by atoms with Crippen LogP contribution >= 0.6 is 0 Å². The molecule has 3 aromatic rings. The predicted octanol–water partition coefficient (Wildman–Crippen LogP) is 2.46. The van der Waals surface area contributed by atoms with E-state index in [1.165, 1.54) is 17.7 Å². The van der Waals surface area contributed by atoms with E-state index in [2.05, 4.69) is 20.5 Å². The van der Waals surface area contributed by atoms with Crippen molar-refractivity contribution < 1.29 is 8.42 Å². The van der Waals surface area contributed by atoms with Crippen LogP contribution in [0.2, 0.25) is 0 Å². The van der Waals surface area contributed by atoms with Crippen LogP contribution in [0.4, 0.5) is 5.82 Å². The maximum absolute atomic E-state index is 11.3. The molecule has 0 atom stereocenters. The lowest BCUT2D eigenvalue weighted by Crippen LogP contribution is -2.12. The van der Waals surface area contributed by atoms with Gasteiger partial charge in [0.25, 0.3) is 0 Å². The van der Waals surface area contributed by atoms with Crippen LogP contribution in [-0.2, 0) is 16.4 Å². The number of aryl methyl sites for hydroxylation is 2. The van der Waals surface area contributed by atoms with Gasteiger partial charge in [0, 0.05) is 12.1 Å². The molecule has 27 heavy (non-hydrogen) atoms. The number of aromatic nitrogens is 3. The third kappa shape index (κ3) is 4.87. The van der Waals surface area contributed by atoms with Gasteiger partial charge in [0.15, 0.2) is 11.6 Å². The molecule has 0 fully saturated rings. The number of primary sulfonamides is 1. The Bertz CT molecular complexity index is 1030. The first-order valence-electron chi connectivity index (χ1n) is 8.47. The minimum absolute atomic E-state index is 0.109. The zero-order chi connectivity index (χ0) is 19.4. The normalized spacial score (nSPS) is 11.4. The summed E-state index contributed by atoms with van der Waals surface area (Å²) < 4.78 is 22.6. The maximum Gasteiger partial charge on any atom is 0.238 e. The van der Waals surface area contributed by atoms with Gasteiger partial charge < -0.3 is 5.32 Å². The molecule has 0 aliphatic rings. The number of nitrogens with zero attached hydrogens (tertiary/aromatic N) is 3. The Morgan fingerprint density at radius 1 is 0.963 bits per heavy atom. The molecule has 0 saturated carbocycles. The van der Waals surface area contributed by atoms with Crippen LogP contribution in [0.5, 0.6) is 0 Å². The summed E-state index contributed by atoms with van der Waals surface area (Å²) in [5, 5.41) is 16.7. The number of nitrogens with two attached hydrogens (primary N) is 1. The molecule has 2 aromatic carbocycles. The van der Waals surface area contributed by atoms with Gasteiger partial charge >= 0.3 is 0 Å². The van der Waals surface area contributed by atoms with Crippen LogP contribution < -0.4 is 10.5 Å². The second-order valence-corrected chi connectivity index (χ2v) is 7.86. The van der Waals surface area contributed by atoms with Crippen molar-refractivity contribution in [2.45, 2.75) is 25.2 Å². The summed E-state index contributed by atoms with van der Waals surface area (Å²) in [4.78, 5) is 4.68. The van der Waals surface area contributed by atoms with E-state index in [0.717, 1.165) is 16.8 Å². The van der Waals surface area contributed by atoms with E-state index in [9.17, 15) is 8.42 Å². The number of rotatable bonds is 6. The van der Waals surface area contributed by atoms with E-state index >= 15 is 0 Å². The Balaban J connectivity index is 1.67. The zero-order valence-corrected chi connectivity index (χ0v) is 16.0. The summed E-state index contributed by atoms with van der Waals surface area (Å²) in [6, 6.07) is 14.5. The molecule has 0 radical (unpaired) electrons. The molecule has 8 heteroatoms. The third-order valence-electron chi connectivity index (χ3n) is 4.12. The first-order chi connectivity index (χ1) is 12.8. The summed E-state index contributed by atoms with van der Waals surface area (Å²) in [5.74, 6) is 1.25. The molecule has 1 aromatic heterocycles. The minimum Gasteiger partial charge on any atom is -0.368 e. The van der Waals surface area contributed by atoms with Crippen LogP contribution in [-0.4, -0.2) is 30.1 Å². The van der Waals surface area contributed by atoms with Gasteiger partial charge in [-0.25, -0.2) is 18.5 Å². The van der Waals surface area contributed by atoms with Crippen LogP contribution in [0.25, 0.3) is 11.4 Å². The van der Waals surface area contributed by atoms with E-state index in [1.54, 1.807) is 12.1 Å². The summed E-state index contributed by atoms with van der Waals surface area (Å²) >= 11 is 0. The van der Waals surface area contributed by atoms with Crippen molar-refractivity contribution in [1.82, 2.24) is 15.2 Å². The van der Waals surface area contributed by atoms with Crippen molar-refractivity contribution in [3.8, 4) is 11.4 Å². The molecule has 140 valence electrons. The lowest BCUT2D eigenvalue weighted by Gasteiger charge is -2.09. The first-order valence-corrected chi connectivity index (χ1v) is 10.0. The first kappa shape index (κ1) is 18.9. The third-order valence-corrected chi connectivity index (χ3v) is 5.05. The molecular weight excluding hydrogens is 362 g/mol. The predicted molar refractivity (Wildman–Crippen MR) is 105 cm³/mol. The molecule has 0 unspecified atom stereocenters. The van der Waals surface area contributed by atoms with Crippen molar-refractivity contribution in [1.29, 1.82) is 0 Å². The van der Waals surface area contributed by atoms with Crippen molar-refractivity contribution in [3.63, 3.8) is 0 Å². The molecule has 0 aliphatic heterocycles. The molecule has 1 heterocycles. The fraction of sp³-hybridized carbons (Fsp3) is 0.211. The highest BCUT2D eigenvalue weighted by Crippen LogP contribution is 2.18. The van der Waals surface area contributed by atoms with Crippen molar-refractivity contribution >= 4 is 15.8 Å². The molecule has 0 amide bonds. The van der Waals surface area contributed by atoms with Gasteiger partial charge in [0.1, 0.15) is 5.69 Å². The Kier molecular flexibility index (Phi) is 5.48. The minimum atomic E-state index is -3.66. The molecular formula is C19H21N5O2S. The summed E-state index contributed by atoms with van der Waals surface area (Å²) in [6.07, 6.45) is 0.703. The fourth-order valence-corrected chi connectivity index (χ4v) is 3.06. The van der Waals surface area contributed by atoms with Gasteiger partial charge in [-0.05, 0) is 38.0 Å². The number of hydrogen-bond acceptors (Lipinski definition) is 6. The topological polar surface area (TPSA) is 111 Å².